The fourth-order valence-electron chi connectivity index (χ4n) is 6.03. The molecule has 2 aliphatic carbocycles. The van der Waals surface area contributed by atoms with Crippen LogP contribution in [0.1, 0.15) is 54.1 Å². The van der Waals surface area contributed by atoms with Crippen molar-refractivity contribution in [3.63, 3.8) is 0 Å². The normalized spacial score (nSPS) is 15.5. The smallest absolute Gasteiger partial charge is 0.350 e. The molecule has 7 rings (SSSR count). The van der Waals surface area contributed by atoms with Crippen molar-refractivity contribution < 1.29 is 0 Å². The summed E-state index contributed by atoms with van der Waals surface area (Å²) in [5, 5.41) is 28.6. The zero-order chi connectivity index (χ0) is 30.3. The first-order valence-corrected chi connectivity index (χ1v) is 17.1. The van der Waals surface area contributed by atoms with Gasteiger partial charge in [0.15, 0.2) is 0 Å². The number of hydrogen-bond donors (Lipinski definition) is 0. The Morgan fingerprint density at radius 2 is 1.42 bits per heavy atom. The van der Waals surface area contributed by atoms with Gasteiger partial charge in [0, 0.05) is 39.9 Å². The van der Waals surface area contributed by atoms with E-state index >= 15 is 0 Å². The molecule has 0 atom stereocenters. The standard InChI is InChI=1S/C32H18N6S5/c1-31(2)16(17-6-8-23(39-17)37-15(12-33)13-34)10-20-25(31)26-29(42-20)30-27(32(26,3)4)28-21(43-30)11-19(41-28)18-7-9-24(40-18)38-22(14-35)36-5/h6-11H,1-4H3. The van der Waals surface area contributed by atoms with Crippen LogP contribution < -0.4 is 0 Å². The second-order valence-electron chi connectivity index (χ2n) is 11.1. The first-order valence-electron chi connectivity index (χ1n) is 13.0. The topological polar surface area (TPSA) is 100 Å². The second kappa shape index (κ2) is 9.66. The van der Waals surface area contributed by atoms with E-state index in [1.807, 2.05) is 65.1 Å². The van der Waals surface area contributed by atoms with Crippen LogP contribution in [0.25, 0.3) is 45.4 Å². The van der Waals surface area contributed by atoms with Crippen LogP contribution in [0.5, 0.6) is 0 Å². The van der Waals surface area contributed by atoms with Crippen LogP contribution >= 0.6 is 56.7 Å². The average molecular weight is 647 g/mol. The minimum atomic E-state index is -0.217. The summed E-state index contributed by atoms with van der Waals surface area (Å²) in [6.07, 6.45) is 2.32. The fraction of sp³-hybridized carbons (Fsp3) is 0.188. The molecule has 0 spiro atoms. The molecule has 5 aromatic rings. The van der Waals surface area contributed by atoms with Gasteiger partial charge in [-0.15, -0.1) is 45.3 Å². The van der Waals surface area contributed by atoms with Gasteiger partial charge in [0.05, 0.1) is 9.58 Å². The van der Waals surface area contributed by atoms with Gasteiger partial charge in [0.2, 0.25) is 10.7 Å². The lowest BCUT2D eigenvalue weighted by atomic mass is 9.73. The second-order valence-corrected chi connectivity index (χ2v) is 16.4. The summed E-state index contributed by atoms with van der Waals surface area (Å²) in [5.74, 6) is -0.153. The van der Waals surface area contributed by atoms with Gasteiger partial charge in [-0.25, -0.2) is 10.3 Å². The lowest BCUT2D eigenvalue weighted by Gasteiger charge is -2.29. The molecule has 6 nitrogen and oxygen atoms in total. The number of nitriles is 3. The summed E-state index contributed by atoms with van der Waals surface area (Å²) in [4.78, 5) is 19.0. The molecule has 0 unspecified atom stereocenters. The zero-order valence-corrected chi connectivity index (χ0v) is 27.3. The Morgan fingerprint density at radius 3 is 2.12 bits per heavy atom. The maximum Gasteiger partial charge on any atom is 0.350 e. The average Bonchev–Trinajstić information content (AvgIpc) is 3.80. The summed E-state index contributed by atoms with van der Waals surface area (Å²) >= 11 is 8.56. The predicted molar refractivity (Wildman–Crippen MR) is 181 cm³/mol. The Kier molecular flexibility index (Phi) is 6.20. The van der Waals surface area contributed by atoms with E-state index in [0.717, 1.165) is 9.75 Å². The highest BCUT2D eigenvalue weighted by atomic mass is 32.1. The van der Waals surface area contributed by atoms with Gasteiger partial charge in [0.1, 0.15) is 23.2 Å². The maximum absolute atomic E-state index is 9.12. The number of hydrogen-bond acceptors (Lipinski definition) is 10. The van der Waals surface area contributed by atoms with Crippen LogP contribution in [0, 0.1) is 40.6 Å². The molecule has 5 heterocycles. The highest BCUT2D eigenvalue weighted by Gasteiger charge is 2.49. The first-order chi connectivity index (χ1) is 20.6. The first kappa shape index (κ1) is 27.6. The monoisotopic (exact) mass is 646 g/mol. The van der Waals surface area contributed by atoms with Crippen molar-refractivity contribution in [1.29, 1.82) is 15.8 Å². The van der Waals surface area contributed by atoms with Crippen LogP contribution in [0.2, 0.25) is 0 Å². The molecule has 0 N–H and O–H groups in total. The van der Waals surface area contributed by atoms with E-state index in [4.69, 9.17) is 22.4 Å². The van der Waals surface area contributed by atoms with Crippen molar-refractivity contribution in [3.8, 4) is 37.7 Å². The van der Waals surface area contributed by atoms with Crippen molar-refractivity contribution in [3.05, 3.63) is 68.2 Å². The summed E-state index contributed by atoms with van der Waals surface area (Å²) in [5.41, 5.74) is 4.93. The lowest BCUT2D eigenvalue weighted by Crippen LogP contribution is -2.23. The molecule has 0 bridgehead atoms. The Labute approximate surface area is 267 Å². The van der Waals surface area contributed by atoms with Gasteiger partial charge < -0.3 is 4.85 Å². The zero-order valence-electron chi connectivity index (χ0n) is 23.2. The van der Waals surface area contributed by atoms with E-state index in [9.17, 15) is 0 Å². The molecule has 0 fully saturated rings. The number of amidine groups is 1. The van der Waals surface area contributed by atoms with Crippen molar-refractivity contribution in [2.24, 2.45) is 9.98 Å². The van der Waals surface area contributed by atoms with Crippen molar-refractivity contribution in [2.45, 2.75) is 38.5 Å². The summed E-state index contributed by atoms with van der Waals surface area (Å²) < 4.78 is 2.61. The van der Waals surface area contributed by atoms with Gasteiger partial charge in [-0.05, 0) is 58.7 Å². The maximum atomic E-state index is 9.12. The summed E-state index contributed by atoms with van der Waals surface area (Å²) in [6, 6.07) is 15.6. The number of aliphatic imine (C=N–C) groups is 2. The highest BCUT2D eigenvalue weighted by molar-refractivity contribution is 7.34. The number of fused-ring (bicyclic) bond motifs is 7. The largest absolute Gasteiger partial charge is 0.351 e. The van der Waals surface area contributed by atoms with Crippen molar-refractivity contribution >= 4 is 99.3 Å². The van der Waals surface area contributed by atoms with Gasteiger partial charge >= 0.3 is 5.84 Å². The Balaban J connectivity index is 1.27. The van der Waals surface area contributed by atoms with Gasteiger partial charge in [-0.1, -0.05) is 50.6 Å². The Morgan fingerprint density at radius 1 is 0.744 bits per heavy atom. The number of thiophene rings is 5. The van der Waals surface area contributed by atoms with Crippen LogP contribution in [0.3, 0.4) is 0 Å². The summed E-state index contributed by atoms with van der Waals surface area (Å²) in [7, 11) is 0. The van der Waals surface area contributed by atoms with Crippen molar-refractivity contribution in [1.82, 2.24) is 0 Å². The number of nitrogens with zero attached hydrogens (tertiary/aromatic N) is 6. The molecule has 0 radical (unpaired) electrons. The third kappa shape index (κ3) is 4.02. The molecule has 11 heteroatoms. The molecule has 0 saturated carbocycles. The molecular formula is C32H18N6S5. The van der Waals surface area contributed by atoms with Crippen LogP contribution in [-0.2, 0) is 10.8 Å². The molecular weight excluding hydrogens is 629 g/mol. The van der Waals surface area contributed by atoms with Crippen LogP contribution in [0.15, 0.2) is 40.3 Å². The molecule has 0 aromatic carbocycles. The fourth-order valence-corrected chi connectivity index (χ4v) is 12.7. The van der Waals surface area contributed by atoms with E-state index in [2.05, 4.69) is 54.7 Å². The molecule has 0 saturated heterocycles. The van der Waals surface area contributed by atoms with E-state index in [1.54, 1.807) is 11.3 Å². The third-order valence-electron chi connectivity index (χ3n) is 7.88. The van der Waals surface area contributed by atoms with Crippen LogP contribution in [0.4, 0.5) is 10.0 Å². The number of allylic oxidation sites excluding steroid dienone is 1. The van der Waals surface area contributed by atoms with E-state index in [0.29, 0.717) is 10.0 Å². The summed E-state index contributed by atoms with van der Waals surface area (Å²) in [6.45, 7) is 16.4. The van der Waals surface area contributed by atoms with Crippen molar-refractivity contribution in [2.75, 3.05) is 0 Å². The van der Waals surface area contributed by atoms with Crippen LogP contribution in [-0.4, -0.2) is 11.5 Å². The molecule has 5 aromatic heterocycles. The minimum Gasteiger partial charge on any atom is -0.351 e. The Bertz CT molecular complexity index is 2260. The minimum absolute atomic E-state index is 0.137. The van der Waals surface area contributed by atoms with Gasteiger partial charge in [0.25, 0.3) is 0 Å². The number of rotatable bonds is 4. The molecule has 2 aliphatic rings. The highest BCUT2D eigenvalue weighted by Crippen LogP contribution is 2.65. The quantitative estimate of drug-likeness (QED) is 0.110. The predicted octanol–water partition coefficient (Wildman–Crippen LogP) is 10.5. The third-order valence-corrected chi connectivity index (χ3v) is 13.8. The lowest BCUT2D eigenvalue weighted by molar-refractivity contribution is 0.624. The molecule has 206 valence electrons. The van der Waals surface area contributed by atoms with E-state index < -0.39 is 0 Å². The van der Waals surface area contributed by atoms with Gasteiger partial charge in [-0.3, -0.25) is 0 Å². The Hall–Kier alpha value is -4.20. The van der Waals surface area contributed by atoms with E-state index in [-0.39, 0.29) is 22.4 Å². The van der Waals surface area contributed by atoms with Gasteiger partial charge in [-0.2, -0.15) is 10.5 Å². The molecule has 0 aliphatic heterocycles. The molecule has 43 heavy (non-hydrogen) atoms. The SMILES string of the molecule is [C-]#[N+]C(C#N)=Nc1ccc(-c2cc3sc4c(c3s2)C(C)(C)c2c-4sc3c2C(C)(C)C(c2ccc(N=C(C#N)C#N)s2)=C3)s1. The van der Waals surface area contributed by atoms with E-state index in [1.165, 1.54) is 73.8 Å². The molecule has 0 amide bonds.